The van der Waals surface area contributed by atoms with Gasteiger partial charge < -0.3 is 0 Å². The topological polar surface area (TPSA) is 47.3 Å². The number of nitrogens with zero attached hydrogens (tertiary/aromatic N) is 1. The third-order valence-corrected chi connectivity index (χ3v) is 3.69. The van der Waals surface area contributed by atoms with Crippen LogP contribution in [0.2, 0.25) is 0 Å². The first-order valence-electron chi connectivity index (χ1n) is 6.47. The number of hydrogen-bond donors (Lipinski definition) is 2. The molecule has 0 saturated heterocycles. The van der Waals surface area contributed by atoms with Crippen LogP contribution in [0.15, 0.2) is 54.6 Å². The highest BCUT2D eigenvalue weighted by Crippen LogP contribution is 2.34. The van der Waals surface area contributed by atoms with Crippen LogP contribution in [0.5, 0.6) is 0 Å². The molecule has 3 rings (SSSR count). The smallest absolute Gasteiger partial charge is 0.134 e. The Hall–Kier alpha value is -1.84. The fourth-order valence-corrected chi connectivity index (χ4v) is 2.70. The van der Waals surface area contributed by atoms with Gasteiger partial charge in [0, 0.05) is 5.92 Å². The maximum Gasteiger partial charge on any atom is 0.134 e. The minimum absolute atomic E-state index is 0. The standard InChI is InChI=1S/C16H16N2O.ClH/c17-16(18(19)13-7-2-1-3-8-13)15-11-10-12-6-4-5-9-14(12)15;/h1-9,15,17,19H,10-11H2;1H. The van der Waals surface area contributed by atoms with Crippen molar-refractivity contribution in [2.24, 2.45) is 0 Å². The number of amidine groups is 1. The maximum absolute atomic E-state index is 10.2. The molecule has 0 heterocycles. The highest BCUT2D eigenvalue weighted by atomic mass is 35.5. The molecule has 0 fully saturated rings. The van der Waals surface area contributed by atoms with E-state index in [0.29, 0.717) is 5.69 Å². The summed E-state index contributed by atoms with van der Waals surface area (Å²) in [6.07, 6.45) is 1.87. The van der Waals surface area contributed by atoms with Gasteiger partial charge in [0.05, 0.1) is 5.69 Å². The van der Waals surface area contributed by atoms with Crippen LogP contribution in [0, 0.1) is 5.41 Å². The molecule has 1 aliphatic carbocycles. The lowest BCUT2D eigenvalue weighted by Gasteiger charge is -2.22. The molecule has 1 unspecified atom stereocenters. The number of hydroxylamine groups is 1. The first-order valence-corrected chi connectivity index (χ1v) is 6.47. The number of rotatable bonds is 2. The lowest BCUT2D eigenvalue weighted by atomic mass is 10.00. The fourth-order valence-electron chi connectivity index (χ4n) is 2.70. The molecule has 0 saturated carbocycles. The number of anilines is 1. The lowest BCUT2D eigenvalue weighted by Crippen LogP contribution is -2.30. The summed E-state index contributed by atoms with van der Waals surface area (Å²) >= 11 is 0. The molecule has 0 aromatic heterocycles. The van der Waals surface area contributed by atoms with Gasteiger partial charge >= 0.3 is 0 Å². The van der Waals surface area contributed by atoms with Crippen LogP contribution in [0.25, 0.3) is 0 Å². The fraction of sp³-hybridized carbons (Fsp3) is 0.188. The van der Waals surface area contributed by atoms with Crippen LogP contribution >= 0.6 is 12.4 Å². The quantitative estimate of drug-likeness (QED) is 0.498. The molecule has 4 heteroatoms. The number of para-hydroxylation sites is 1. The number of fused-ring (bicyclic) bond motifs is 1. The van der Waals surface area contributed by atoms with Crippen LogP contribution in [-0.4, -0.2) is 11.0 Å². The van der Waals surface area contributed by atoms with Crippen molar-refractivity contribution in [1.29, 1.82) is 5.41 Å². The summed E-state index contributed by atoms with van der Waals surface area (Å²) in [5, 5.41) is 19.4. The Kier molecular flexibility index (Phi) is 4.42. The van der Waals surface area contributed by atoms with Crippen molar-refractivity contribution in [3.05, 3.63) is 65.7 Å². The van der Waals surface area contributed by atoms with Crippen LogP contribution < -0.4 is 5.06 Å². The van der Waals surface area contributed by atoms with Gasteiger partial charge in [0.1, 0.15) is 5.84 Å². The van der Waals surface area contributed by atoms with Gasteiger partial charge in [0.15, 0.2) is 0 Å². The highest BCUT2D eigenvalue weighted by molar-refractivity contribution is 5.98. The monoisotopic (exact) mass is 288 g/mol. The largest absolute Gasteiger partial charge is 0.286 e. The summed E-state index contributed by atoms with van der Waals surface area (Å²) in [6, 6.07) is 17.4. The van der Waals surface area contributed by atoms with E-state index in [1.54, 1.807) is 12.1 Å². The van der Waals surface area contributed by atoms with Crippen molar-refractivity contribution in [3.63, 3.8) is 0 Å². The first-order chi connectivity index (χ1) is 9.27. The third-order valence-electron chi connectivity index (χ3n) is 3.69. The summed E-state index contributed by atoms with van der Waals surface area (Å²) in [7, 11) is 0. The molecule has 0 spiro atoms. The van der Waals surface area contributed by atoms with Gasteiger partial charge in [-0.1, -0.05) is 42.5 Å². The summed E-state index contributed by atoms with van der Waals surface area (Å²) in [5.74, 6) is 0.234. The van der Waals surface area contributed by atoms with Crippen molar-refractivity contribution in [3.8, 4) is 0 Å². The zero-order valence-electron chi connectivity index (χ0n) is 11.0. The second kappa shape index (κ2) is 6.07. The molecule has 0 bridgehead atoms. The third kappa shape index (κ3) is 2.55. The summed E-state index contributed by atoms with van der Waals surface area (Å²) in [4.78, 5) is 0. The number of aryl methyl sites for hydroxylation is 1. The summed E-state index contributed by atoms with van der Waals surface area (Å²) in [5.41, 5.74) is 3.10. The molecule has 0 radical (unpaired) electrons. The van der Waals surface area contributed by atoms with Crippen molar-refractivity contribution in [1.82, 2.24) is 0 Å². The molecule has 3 nitrogen and oxygen atoms in total. The van der Waals surface area contributed by atoms with Crippen LogP contribution in [-0.2, 0) is 6.42 Å². The minimum atomic E-state index is -0.0126. The van der Waals surface area contributed by atoms with Gasteiger partial charge in [-0.3, -0.25) is 10.6 Å². The van der Waals surface area contributed by atoms with E-state index in [9.17, 15) is 5.21 Å². The lowest BCUT2D eigenvalue weighted by molar-refractivity contribution is 0.307. The number of nitrogens with one attached hydrogen (secondary N) is 1. The van der Waals surface area contributed by atoms with Crippen LogP contribution in [0.3, 0.4) is 0 Å². The van der Waals surface area contributed by atoms with Gasteiger partial charge in [-0.25, -0.2) is 5.06 Å². The molecule has 1 aliphatic rings. The number of hydrogen-bond acceptors (Lipinski definition) is 2. The van der Waals surface area contributed by atoms with Gasteiger partial charge in [-0.15, -0.1) is 12.4 Å². The van der Waals surface area contributed by atoms with Crippen molar-refractivity contribution in [2.45, 2.75) is 18.8 Å². The average Bonchev–Trinajstić information content (AvgIpc) is 2.90. The van der Waals surface area contributed by atoms with Gasteiger partial charge in [-0.05, 0) is 36.1 Å². The van der Waals surface area contributed by atoms with Crippen molar-refractivity contribution >= 4 is 23.9 Å². The number of benzene rings is 2. The minimum Gasteiger partial charge on any atom is -0.286 e. The Balaban J connectivity index is 0.00000147. The summed E-state index contributed by atoms with van der Waals surface area (Å²) in [6.45, 7) is 0. The van der Waals surface area contributed by atoms with E-state index in [2.05, 4.69) is 12.1 Å². The Morgan fingerprint density at radius 3 is 2.45 bits per heavy atom. The molecule has 0 aliphatic heterocycles. The Morgan fingerprint density at radius 2 is 1.70 bits per heavy atom. The highest BCUT2D eigenvalue weighted by Gasteiger charge is 2.28. The Labute approximate surface area is 124 Å². The molecule has 20 heavy (non-hydrogen) atoms. The molecular weight excluding hydrogens is 272 g/mol. The zero-order chi connectivity index (χ0) is 13.2. The predicted molar refractivity (Wildman–Crippen MR) is 83.2 cm³/mol. The molecule has 0 amide bonds. The van der Waals surface area contributed by atoms with E-state index in [0.717, 1.165) is 17.9 Å². The van der Waals surface area contributed by atoms with Crippen molar-refractivity contribution < 1.29 is 5.21 Å². The van der Waals surface area contributed by atoms with E-state index < -0.39 is 0 Å². The van der Waals surface area contributed by atoms with E-state index in [4.69, 9.17) is 5.41 Å². The molecule has 104 valence electrons. The normalized spacial score (nSPS) is 16.1. The SMILES string of the molecule is Cl.N=C(C1CCc2ccccc21)N(O)c1ccccc1. The molecular formula is C16H17ClN2O. The zero-order valence-corrected chi connectivity index (χ0v) is 11.8. The second-order valence-electron chi connectivity index (χ2n) is 4.82. The van der Waals surface area contributed by atoms with Gasteiger partial charge in [-0.2, -0.15) is 0 Å². The molecule has 2 aromatic rings. The first kappa shape index (κ1) is 14.6. The Bertz CT molecular complexity index is 600. The van der Waals surface area contributed by atoms with Gasteiger partial charge in [0.25, 0.3) is 0 Å². The summed E-state index contributed by atoms with van der Waals surface area (Å²) < 4.78 is 0. The van der Waals surface area contributed by atoms with E-state index >= 15 is 0 Å². The average molecular weight is 289 g/mol. The maximum atomic E-state index is 10.2. The van der Waals surface area contributed by atoms with Crippen LogP contribution in [0.1, 0.15) is 23.5 Å². The van der Waals surface area contributed by atoms with E-state index in [-0.39, 0.29) is 24.2 Å². The molecule has 2 N–H and O–H groups in total. The van der Waals surface area contributed by atoms with Crippen LogP contribution in [0.4, 0.5) is 5.69 Å². The molecule has 1 atom stereocenters. The predicted octanol–water partition coefficient (Wildman–Crippen LogP) is 4.01. The van der Waals surface area contributed by atoms with Gasteiger partial charge in [0.2, 0.25) is 0 Å². The van der Waals surface area contributed by atoms with E-state index in [1.807, 2.05) is 30.3 Å². The van der Waals surface area contributed by atoms with Crippen molar-refractivity contribution in [2.75, 3.05) is 5.06 Å². The number of halogens is 1. The molecule has 2 aromatic carbocycles. The Morgan fingerprint density at radius 1 is 1.05 bits per heavy atom. The van der Waals surface area contributed by atoms with E-state index in [1.165, 1.54) is 11.1 Å². The second-order valence-corrected chi connectivity index (χ2v) is 4.82.